The van der Waals surface area contributed by atoms with Gasteiger partial charge in [0, 0.05) is 33.6 Å². The largest absolute Gasteiger partial charge is 0.480 e. The molecule has 23 heavy (non-hydrogen) atoms. The van der Waals surface area contributed by atoms with Gasteiger partial charge in [0.15, 0.2) is 0 Å². The standard InChI is InChI=1S/C18H12BrN3O/c1-23-18-16(10-20)15(7-8-21-18)13-5-6-17(22-11-13)12-3-2-4-14(19)9-12/h2-9,11H,1H3. The lowest BCUT2D eigenvalue weighted by molar-refractivity contribution is 0.397. The van der Waals surface area contributed by atoms with Gasteiger partial charge in [0.1, 0.15) is 11.6 Å². The second-order valence-electron chi connectivity index (χ2n) is 4.80. The molecule has 1 aromatic carbocycles. The highest BCUT2D eigenvalue weighted by molar-refractivity contribution is 9.10. The van der Waals surface area contributed by atoms with Gasteiger partial charge in [-0.2, -0.15) is 5.26 Å². The number of rotatable bonds is 3. The molecule has 0 amide bonds. The number of aromatic nitrogens is 2. The summed E-state index contributed by atoms with van der Waals surface area (Å²) in [6.07, 6.45) is 3.38. The maximum Gasteiger partial charge on any atom is 0.232 e. The van der Waals surface area contributed by atoms with Crippen molar-refractivity contribution in [1.29, 1.82) is 5.26 Å². The molecule has 2 heterocycles. The first kappa shape index (κ1) is 15.2. The van der Waals surface area contributed by atoms with Crippen LogP contribution < -0.4 is 4.74 Å². The molecule has 5 heteroatoms. The first-order valence-corrected chi connectivity index (χ1v) is 7.67. The maximum absolute atomic E-state index is 9.36. The van der Waals surface area contributed by atoms with E-state index in [-0.39, 0.29) is 0 Å². The summed E-state index contributed by atoms with van der Waals surface area (Å²) >= 11 is 3.46. The van der Waals surface area contributed by atoms with Gasteiger partial charge in [0.2, 0.25) is 5.88 Å². The van der Waals surface area contributed by atoms with Crippen molar-refractivity contribution in [2.24, 2.45) is 0 Å². The van der Waals surface area contributed by atoms with Gasteiger partial charge in [0.05, 0.1) is 12.8 Å². The van der Waals surface area contributed by atoms with E-state index in [1.807, 2.05) is 36.4 Å². The van der Waals surface area contributed by atoms with Gasteiger partial charge in [0.25, 0.3) is 0 Å². The lowest BCUT2D eigenvalue weighted by Crippen LogP contribution is -1.95. The van der Waals surface area contributed by atoms with Crippen LogP contribution in [0, 0.1) is 11.3 Å². The van der Waals surface area contributed by atoms with Crippen molar-refractivity contribution in [3.05, 3.63) is 64.9 Å². The third-order valence-corrected chi connectivity index (χ3v) is 3.91. The smallest absolute Gasteiger partial charge is 0.232 e. The molecule has 0 saturated heterocycles. The van der Waals surface area contributed by atoms with Gasteiger partial charge in [-0.25, -0.2) is 4.98 Å². The van der Waals surface area contributed by atoms with Crippen LogP contribution in [0.5, 0.6) is 5.88 Å². The average molecular weight is 366 g/mol. The number of nitrogens with zero attached hydrogens (tertiary/aromatic N) is 3. The monoisotopic (exact) mass is 365 g/mol. The highest BCUT2D eigenvalue weighted by atomic mass is 79.9. The zero-order valence-corrected chi connectivity index (χ0v) is 13.9. The van der Waals surface area contributed by atoms with Crippen molar-refractivity contribution in [2.45, 2.75) is 0 Å². The minimum atomic E-state index is 0.320. The maximum atomic E-state index is 9.36. The van der Waals surface area contributed by atoms with Crippen molar-refractivity contribution in [1.82, 2.24) is 9.97 Å². The van der Waals surface area contributed by atoms with E-state index in [1.54, 1.807) is 18.5 Å². The van der Waals surface area contributed by atoms with Crippen LogP contribution in [0.15, 0.2) is 59.3 Å². The zero-order valence-electron chi connectivity index (χ0n) is 12.3. The van der Waals surface area contributed by atoms with Crippen molar-refractivity contribution in [3.63, 3.8) is 0 Å². The van der Waals surface area contributed by atoms with Gasteiger partial charge >= 0.3 is 0 Å². The molecule has 4 nitrogen and oxygen atoms in total. The fraction of sp³-hybridized carbons (Fsp3) is 0.0556. The molecule has 0 radical (unpaired) electrons. The Morgan fingerprint density at radius 1 is 1.09 bits per heavy atom. The molecule has 0 N–H and O–H groups in total. The van der Waals surface area contributed by atoms with E-state index in [0.717, 1.165) is 26.9 Å². The van der Waals surface area contributed by atoms with Crippen LogP contribution in [0.3, 0.4) is 0 Å². The van der Waals surface area contributed by atoms with Gasteiger partial charge in [-0.05, 0) is 24.3 Å². The predicted octanol–water partition coefficient (Wildman–Crippen LogP) is 4.45. The Morgan fingerprint density at radius 3 is 2.61 bits per heavy atom. The lowest BCUT2D eigenvalue weighted by atomic mass is 10.0. The van der Waals surface area contributed by atoms with Crippen molar-refractivity contribution in [3.8, 4) is 34.3 Å². The number of ether oxygens (including phenoxy) is 1. The molecule has 0 fully saturated rings. The number of halogens is 1. The van der Waals surface area contributed by atoms with E-state index in [9.17, 15) is 5.26 Å². The Bertz CT molecular complexity index is 886. The van der Waals surface area contributed by atoms with Gasteiger partial charge in [-0.15, -0.1) is 0 Å². The van der Waals surface area contributed by atoms with Crippen LogP contribution in [0.25, 0.3) is 22.4 Å². The second kappa shape index (κ2) is 6.59. The Morgan fingerprint density at radius 2 is 1.96 bits per heavy atom. The highest BCUT2D eigenvalue weighted by Gasteiger charge is 2.12. The summed E-state index contributed by atoms with van der Waals surface area (Å²) in [4.78, 5) is 8.56. The molecule has 112 valence electrons. The minimum absolute atomic E-state index is 0.320. The zero-order chi connectivity index (χ0) is 16.2. The quantitative estimate of drug-likeness (QED) is 0.687. The summed E-state index contributed by atoms with van der Waals surface area (Å²) in [6.45, 7) is 0. The summed E-state index contributed by atoms with van der Waals surface area (Å²) in [5.41, 5.74) is 3.91. The van der Waals surface area contributed by atoms with Crippen LogP contribution >= 0.6 is 15.9 Å². The third kappa shape index (κ3) is 3.08. The second-order valence-corrected chi connectivity index (χ2v) is 5.71. The number of nitriles is 1. The molecule has 0 spiro atoms. The fourth-order valence-electron chi connectivity index (χ4n) is 2.32. The van der Waals surface area contributed by atoms with E-state index in [0.29, 0.717) is 11.4 Å². The predicted molar refractivity (Wildman–Crippen MR) is 91.9 cm³/mol. The molecule has 0 aliphatic rings. The normalized spacial score (nSPS) is 10.1. The molecule has 0 saturated carbocycles. The SMILES string of the molecule is COc1nccc(-c2ccc(-c3cccc(Br)c3)nc2)c1C#N. The van der Waals surface area contributed by atoms with Crippen LogP contribution in [0.4, 0.5) is 0 Å². The van der Waals surface area contributed by atoms with Crippen molar-refractivity contribution >= 4 is 15.9 Å². The summed E-state index contributed by atoms with van der Waals surface area (Å²) in [7, 11) is 1.50. The van der Waals surface area contributed by atoms with Crippen LogP contribution in [-0.4, -0.2) is 17.1 Å². The highest BCUT2D eigenvalue weighted by Crippen LogP contribution is 2.29. The molecule has 0 aliphatic carbocycles. The lowest BCUT2D eigenvalue weighted by Gasteiger charge is -2.08. The Labute approximate surface area is 142 Å². The molecular weight excluding hydrogens is 354 g/mol. The number of hydrogen-bond donors (Lipinski definition) is 0. The summed E-state index contributed by atoms with van der Waals surface area (Å²) in [6, 6.07) is 15.8. The van der Waals surface area contributed by atoms with Gasteiger partial charge < -0.3 is 4.74 Å². The van der Waals surface area contributed by atoms with E-state index in [2.05, 4.69) is 32.0 Å². The topological polar surface area (TPSA) is 58.8 Å². The molecule has 3 rings (SSSR count). The van der Waals surface area contributed by atoms with Gasteiger partial charge in [-0.3, -0.25) is 4.98 Å². The van der Waals surface area contributed by atoms with Gasteiger partial charge in [-0.1, -0.05) is 34.1 Å². The fourth-order valence-corrected chi connectivity index (χ4v) is 2.72. The molecule has 0 aliphatic heterocycles. The van der Waals surface area contributed by atoms with Crippen LogP contribution in [-0.2, 0) is 0 Å². The summed E-state index contributed by atoms with van der Waals surface area (Å²) in [5.74, 6) is 0.320. The molecule has 0 atom stereocenters. The first-order valence-electron chi connectivity index (χ1n) is 6.88. The van der Waals surface area contributed by atoms with Crippen LogP contribution in [0.2, 0.25) is 0 Å². The summed E-state index contributed by atoms with van der Waals surface area (Å²) < 4.78 is 6.15. The number of methoxy groups -OCH3 is 1. The average Bonchev–Trinajstić information content (AvgIpc) is 2.61. The Balaban J connectivity index is 2.02. The minimum Gasteiger partial charge on any atom is -0.480 e. The number of hydrogen-bond acceptors (Lipinski definition) is 4. The Hall–Kier alpha value is -2.71. The third-order valence-electron chi connectivity index (χ3n) is 3.42. The molecule has 2 aromatic heterocycles. The summed E-state index contributed by atoms with van der Waals surface area (Å²) in [5, 5.41) is 9.36. The first-order chi connectivity index (χ1) is 11.2. The van der Waals surface area contributed by atoms with Crippen molar-refractivity contribution in [2.75, 3.05) is 7.11 Å². The van der Waals surface area contributed by atoms with E-state index < -0.39 is 0 Å². The van der Waals surface area contributed by atoms with E-state index >= 15 is 0 Å². The van der Waals surface area contributed by atoms with E-state index in [4.69, 9.17) is 4.74 Å². The van der Waals surface area contributed by atoms with Crippen LogP contribution in [0.1, 0.15) is 5.56 Å². The Kier molecular flexibility index (Phi) is 4.35. The number of benzene rings is 1. The molecule has 3 aromatic rings. The van der Waals surface area contributed by atoms with Crippen molar-refractivity contribution < 1.29 is 4.74 Å². The molecule has 0 unspecified atom stereocenters. The molecule has 0 bridgehead atoms. The van der Waals surface area contributed by atoms with E-state index in [1.165, 1.54) is 7.11 Å². The number of pyridine rings is 2. The molecular formula is C18H12BrN3O.